The molecule has 0 amide bonds. The molecule has 1 saturated heterocycles. The number of aromatic nitrogens is 2. The SMILES string of the molecule is Cc1cn(C2O[C@@](COCc3ccccc3)(C3(C)CC=CC3)C(OCc3ccccc3)C2O)c(=O)[nH]c1=O. The second-order valence-electron chi connectivity index (χ2n) is 10.5. The summed E-state index contributed by atoms with van der Waals surface area (Å²) in [4.78, 5) is 27.2. The maximum Gasteiger partial charge on any atom is 0.330 e. The molecule has 1 aliphatic carbocycles. The number of aromatic amines is 1. The third kappa shape index (κ3) is 4.92. The van der Waals surface area contributed by atoms with E-state index in [0.29, 0.717) is 25.0 Å². The van der Waals surface area contributed by atoms with Crippen molar-refractivity contribution < 1.29 is 19.3 Å². The van der Waals surface area contributed by atoms with Crippen molar-refractivity contribution in [2.45, 2.75) is 63.9 Å². The molecule has 3 unspecified atom stereocenters. The highest BCUT2D eigenvalue weighted by molar-refractivity contribution is 5.20. The number of benzene rings is 2. The number of H-pyrrole nitrogens is 1. The Morgan fingerprint density at radius 2 is 1.61 bits per heavy atom. The molecule has 5 rings (SSSR count). The Bertz CT molecular complexity index is 1380. The first-order valence-corrected chi connectivity index (χ1v) is 12.9. The molecule has 8 nitrogen and oxygen atoms in total. The number of aliphatic hydroxyl groups is 1. The van der Waals surface area contributed by atoms with Crippen LogP contribution in [0.25, 0.3) is 0 Å². The summed E-state index contributed by atoms with van der Waals surface area (Å²) in [6.45, 7) is 4.47. The largest absolute Gasteiger partial charge is 0.386 e. The van der Waals surface area contributed by atoms with Crippen molar-refractivity contribution in [2.75, 3.05) is 6.61 Å². The van der Waals surface area contributed by atoms with Crippen LogP contribution in [0.4, 0.5) is 0 Å². The molecule has 1 fully saturated rings. The summed E-state index contributed by atoms with van der Waals surface area (Å²) in [5.74, 6) is 0. The van der Waals surface area contributed by atoms with Gasteiger partial charge in [0.15, 0.2) is 6.23 Å². The van der Waals surface area contributed by atoms with Crippen molar-refractivity contribution >= 4 is 0 Å². The minimum absolute atomic E-state index is 0.143. The monoisotopic (exact) mass is 518 g/mol. The van der Waals surface area contributed by atoms with Crippen molar-refractivity contribution in [3.05, 3.63) is 117 Å². The number of ether oxygens (including phenoxy) is 3. The molecule has 1 aliphatic heterocycles. The summed E-state index contributed by atoms with van der Waals surface area (Å²) in [6, 6.07) is 19.6. The Hall–Kier alpha value is -3.30. The first kappa shape index (κ1) is 26.3. The first-order chi connectivity index (χ1) is 18.3. The molecule has 200 valence electrons. The third-order valence-corrected chi connectivity index (χ3v) is 7.84. The Balaban J connectivity index is 1.53. The van der Waals surface area contributed by atoms with E-state index in [9.17, 15) is 14.7 Å². The zero-order chi connectivity index (χ0) is 26.8. The molecule has 0 saturated carbocycles. The van der Waals surface area contributed by atoms with E-state index in [4.69, 9.17) is 14.2 Å². The fourth-order valence-corrected chi connectivity index (χ4v) is 5.55. The van der Waals surface area contributed by atoms with E-state index < -0.39 is 40.7 Å². The van der Waals surface area contributed by atoms with Crippen LogP contribution >= 0.6 is 0 Å². The zero-order valence-electron chi connectivity index (χ0n) is 21.7. The maximum atomic E-state index is 12.9. The molecule has 1 aromatic heterocycles. The number of nitrogens with zero attached hydrogens (tertiary/aromatic N) is 1. The fraction of sp³-hybridized carbons (Fsp3) is 0.400. The molecule has 8 heteroatoms. The smallest absolute Gasteiger partial charge is 0.330 e. The maximum absolute atomic E-state index is 12.9. The fourth-order valence-electron chi connectivity index (χ4n) is 5.55. The number of rotatable bonds is 9. The molecular weight excluding hydrogens is 484 g/mol. The minimum atomic E-state index is -1.19. The third-order valence-electron chi connectivity index (χ3n) is 7.84. The summed E-state index contributed by atoms with van der Waals surface area (Å²) < 4.78 is 20.8. The average molecular weight is 519 g/mol. The lowest BCUT2D eigenvalue weighted by Crippen LogP contribution is -2.58. The van der Waals surface area contributed by atoms with Gasteiger partial charge in [-0.25, -0.2) is 4.79 Å². The van der Waals surface area contributed by atoms with Gasteiger partial charge < -0.3 is 19.3 Å². The highest BCUT2D eigenvalue weighted by atomic mass is 16.6. The van der Waals surface area contributed by atoms with E-state index in [1.807, 2.05) is 60.7 Å². The Morgan fingerprint density at radius 1 is 1.00 bits per heavy atom. The van der Waals surface area contributed by atoms with Crippen molar-refractivity contribution in [3.63, 3.8) is 0 Å². The number of hydrogen-bond acceptors (Lipinski definition) is 6. The van der Waals surface area contributed by atoms with E-state index in [1.54, 1.807) is 6.92 Å². The summed E-state index contributed by atoms with van der Waals surface area (Å²) in [7, 11) is 0. The lowest BCUT2D eigenvalue weighted by atomic mass is 9.68. The molecule has 2 N–H and O–H groups in total. The number of nitrogens with one attached hydrogen (secondary N) is 1. The van der Waals surface area contributed by atoms with Gasteiger partial charge in [0.25, 0.3) is 5.56 Å². The quantitative estimate of drug-likeness (QED) is 0.420. The highest BCUT2D eigenvalue weighted by Gasteiger charge is 2.64. The molecule has 0 spiro atoms. The molecule has 2 aromatic carbocycles. The molecule has 3 aromatic rings. The topological polar surface area (TPSA) is 103 Å². The van der Waals surface area contributed by atoms with Gasteiger partial charge in [-0.15, -0.1) is 0 Å². The van der Waals surface area contributed by atoms with Gasteiger partial charge in [-0.1, -0.05) is 79.7 Å². The summed E-state index contributed by atoms with van der Waals surface area (Å²) in [5, 5.41) is 11.7. The van der Waals surface area contributed by atoms with Crippen LogP contribution in [0.1, 0.15) is 42.7 Å². The first-order valence-electron chi connectivity index (χ1n) is 12.9. The van der Waals surface area contributed by atoms with E-state index in [1.165, 1.54) is 10.8 Å². The number of hydrogen-bond donors (Lipinski definition) is 2. The minimum Gasteiger partial charge on any atom is -0.386 e. The Labute approximate surface area is 221 Å². The van der Waals surface area contributed by atoms with Gasteiger partial charge in [-0.05, 0) is 30.9 Å². The van der Waals surface area contributed by atoms with E-state index >= 15 is 0 Å². The van der Waals surface area contributed by atoms with Crippen LogP contribution in [0.3, 0.4) is 0 Å². The molecule has 0 bridgehead atoms. The van der Waals surface area contributed by atoms with E-state index in [-0.39, 0.29) is 13.2 Å². The summed E-state index contributed by atoms with van der Waals surface area (Å²) >= 11 is 0. The number of aliphatic hydroxyl groups excluding tert-OH is 1. The van der Waals surface area contributed by atoms with Crippen LogP contribution < -0.4 is 11.2 Å². The van der Waals surface area contributed by atoms with Crippen molar-refractivity contribution in [2.24, 2.45) is 5.41 Å². The van der Waals surface area contributed by atoms with Crippen LogP contribution in [-0.4, -0.2) is 39.1 Å². The van der Waals surface area contributed by atoms with Gasteiger partial charge in [0.05, 0.1) is 19.8 Å². The predicted octanol–water partition coefficient (Wildman–Crippen LogP) is 3.63. The molecule has 0 radical (unpaired) electrons. The van der Waals surface area contributed by atoms with Crippen molar-refractivity contribution in [1.29, 1.82) is 0 Å². The predicted molar refractivity (Wildman–Crippen MR) is 143 cm³/mol. The van der Waals surface area contributed by atoms with Crippen molar-refractivity contribution in [3.8, 4) is 0 Å². The van der Waals surface area contributed by atoms with Gasteiger partial charge in [0.1, 0.15) is 17.8 Å². The number of aryl methyl sites for hydroxylation is 1. The second kappa shape index (κ2) is 10.8. The molecule has 2 heterocycles. The zero-order valence-corrected chi connectivity index (χ0v) is 21.7. The van der Waals surface area contributed by atoms with Crippen LogP contribution in [-0.2, 0) is 27.4 Å². The van der Waals surface area contributed by atoms with Crippen LogP contribution in [0.15, 0.2) is 88.6 Å². The van der Waals surface area contributed by atoms with Gasteiger partial charge in [0, 0.05) is 17.2 Å². The number of allylic oxidation sites excluding steroid dienone is 2. The molecule has 2 aliphatic rings. The second-order valence-corrected chi connectivity index (χ2v) is 10.5. The normalized spacial score (nSPS) is 26.1. The molecule has 4 atom stereocenters. The van der Waals surface area contributed by atoms with Gasteiger partial charge >= 0.3 is 5.69 Å². The summed E-state index contributed by atoms with van der Waals surface area (Å²) in [6.07, 6.45) is 3.96. The molecule has 38 heavy (non-hydrogen) atoms. The lowest BCUT2D eigenvalue weighted by molar-refractivity contribution is -0.211. The molecular formula is C30H34N2O6. The van der Waals surface area contributed by atoms with Gasteiger partial charge in [-0.2, -0.15) is 0 Å². The highest BCUT2D eigenvalue weighted by Crippen LogP contribution is 2.54. The van der Waals surface area contributed by atoms with Crippen molar-refractivity contribution in [1.82, 2.24) is 9.55 Å². The lowest BCUT2D eigenvalue weighted by Gasteiger charge is -2.46. The van der Waals surface area contributed by atoms with Crippen LogP contribution in [0.2, 0.25) is 0 Å². The van der Waals surface area contributed by atoms with Gasteiger partial charge in [-0.3, -0.25) is 14.3 Å². The Morgan fingerprint density at radius 3 is 2.24 bits per heavy atom. The average Bonchev–Trinajstić information content (AvgIpc) is 3.49. The van der Waals surface area contributed by atoms with Crippen LogP contribution in [0, 0.1) is 12.3 Å². The van der Waals surface area contributed by atoms with E-state index in [0.717, 1.165) is 11.1 Å². The van der Waals surface area contributed by atoms with E-state index in [2.05, 4.69) is 24.1 Å². The summed E-state index contributed by atoms with van der Waals surface area (Å²) in [5.41, 5.74) is -0.374. The Kier molecular flexibility index (Phi) is 7.49. The van der Waals surface area contributed by atoms with Crippen LogP contribution in [0.5, 0.6) is 0 Å². The standard InChI is InChI=1S/C30H34N2O6/c1-21-17-32(28(35)31-26(21)34)27-24(33)25(37-19-23-13-7-4-8-14-23)30(38-27,29(2)15-9-10-16-29)20-36-18-22-11-5-3-6-12-22/h3-14,17,24-25,27,33H,15-16,18-20H2,1-2H3,(H,31,34,35)/t24?,25?,27?,30-/m1/s1. The van der Waals surface area contributed by atoms with Gasteiger partial charge in [0.2, 0.25) is 0 Å².